The third-order valence-corrected chi connectivity index (χ3v) is 7.36. The molecule has 152 valence electrons. The fourth-order valence-corrected chi connectivity index (χ4v) is 5.85. The van der Waals surface area contributed by atoms with Crippen LogP contribution in [0.2, 0.25) is 0 Å². The highest BCUT2D eigenvalue weighted by Crippen LogP contribution is 2.60. The van der Waals surface area contributed by atoms with Gasteiger partial charge in [0.2, 0.25) is 5.79 Å². The SMILES string of the molecule is C[C@H]1[C@H](C(=O)Nc2ccncc2)O[C@@H]2O[C@@]3(C)CC[C@H]4[C@H](C)CC[C@@H]1[C@@]24OO3. The first-order chi connectivity index (χ1) is 13.4. The predicted octanol–water partition coefficient (Wildman–Crippen LogP) is 3.27. The number of pyridine rings is 1. The molecule has 1 N–H and O–H groups in total. The van der Waals surface area contributed by atoms with Gasteiger partial charge in [-0.3, -0.25) is 9.78 Å². The Morgan fingerprint density at radius 2 is 1.93 bits per heavy atom. The van der Waals surface area contributed by atoms with Crippen LogP contribution in [0.5, 0.6) is 0 Å². The Hall–Kier alpha value is -1.54. The zero-order valence-electron chi connectivity index (χ0n) is 16.6. The molecule has 1 saturated carbocycles. The molecule has 1 aliphatic carbocycles. The topological polar surface area (TPSA) is 78.9 Å². The number of hydrogen-bond donors (Lipinski definition) is 1. The van der Waals surface area contributed by atoms with E-state index in [1.54, 1.807) is 24.5 Å². The van der Waals surface area contributed by atoms with E-state index in [2.05, 4.69) is 24.1 Å². The maximum Gasteiger partial charge on any atom is 0.253 e. The molecule has 0 aromatic carbocycles. The highest BCUT2D eigenvalue weighted by Gasteiger charge is 2.69. The van der Waals surface area contributed by atoms with E-state index < -0.39 is 23.8 Å². The Labute approximate surface area is 165 Å². The van der Waals surface area contributed by atoms with E-state index in [1.807, 2.05) is 6.92 Å². The molecule has 0 radical (unpaired) electrons. The van der Waals surface area contributed by atoms with E-state index in [9.17, 15) is 4.79 Å². The lowest BCUT2D eigenvalue weighted by Crippen LogP contribution is -2.71. The van der Waals surface area contributed by atoms with Crippen molar-refractivity contribution in [3.8, 4) is 0 Å². The zero-order valence-corrected chi connectivity index (χ0v) is 16.6. The average molecular weight is 388 g/mol. The first-order valence-electron chi connectivity index (χ1n) is 10.3. The zero-order chi connectivity index (χ0) is 19.5. The summed E-state index contributed by atoms with van der Waals surface area (Å²) in [4.78, 5) is 29.0. The van der Waals surface area contributed by atoms with Crippen molar-refractivity contribution in [2.24, 2.45) is 23.7 Å². The second-order valence-corrected chi connectivity index (χ2v) is 9.05. The van der Waals surface area contributed by atoms with Crippen LogP contribution in [0.1, 0.15) is 46.5 Å². The predicted molar refractivity (Wildman–Crippen MR) is 99.7 cm³/mol. The molecule has 5 fully saturated rings. The summed E-state index contributed by atoms with van der Waals surface area (Å²) in [6, 6.07) is 3.54. The molecule has 28 heavy (non-hydrogen) atoms. The van der Waals surface area contributed by atoms with Crippen molar-refractivity contribution in [1.29, 1.82) is 0 Å². The van der Waals surface area contributed by atoms with E-state index in [4.69, 9.17) is 19.2 Å². The molecule has 7 heteroatoms. The van der Waals surface area contributed by atoms with Crippen LogP contribution in [0.3, 0.4) is 0 Å². The third-order valence-electron chi connectivity index (χ3n) is 7.36. The lowest BCUT2D eigenvalue weighted by Gasteiger charge is -2.60. The summed E-state index contributed by atoms with van der Waals surface area (Å²) in [5.41, 5.74) is 0.0710. The van der Waals surface area contributed by atoms with Crippen LogP contribution < -0.4 is 5.32 Å². The van der Waals surface area contributed by atoms with E-state index in [1.165, 1.54) is 0 Å². The van der Waals surface area contributed by atoms with Crippen LogP contribution >= 0.6 is 0 Å². The summed E-state index contributed by atoms with van der Waals surface area (Å²) < 4.78 is 12.6. The molecule has 2 bridgehead atoms. The maximum atomic E-state index is 13.1. The highest BCUT2D eigenvalue weighted by molar-refractivity contribution is 5.94. The summed E-state index contributed by atoms with van der Waals surface area (Å²) in [6.45, 7) is 6.26. The molecule has 5 heterocycles. The van der Waals surface area contributed by atoms with Gasteiger partial charge in [-0.1, -0.05) is 13.8 Å². The quantitative estimate of drug-likeness (QED) is 0.784. The Morgan fingerprint density at radius 1 is 1.14 bits per heavy atom. The smallest absolute Gasteiger partial charge is 0.253 e. The van der Waals surface area contributed by atoms with Gasteiger partial charge in [0.25, 0.3) is 5.91 Å². The van der Waals surface area contributed by atoms with Gasteiger partial charge < -0.3 is 14.8 Å². The molecular weight excluding hydrogens is 360 g/mol. The number of aromatic nitrogens is 1. The Kier molecular flexibility index (Phi) is 4.28. The number of nitrogens with one attached hydrogen (secondary N) is 1. The normalized spacial score (nSPS) is 47.1. The van der Waals surface area contributed by atoms with Crippen molar-refractivity contribution >= 4 is 11.6 Å². The van der Waals surface area contributed by atoms with Gasteiger partial charge in [-0.15, -0.1) is 0 Å². The molecule has 8 atom stereocenters. The van der Waals surface area contributed by atoms with Crippen LogP contribution in [0, 0.1) is 23.7 Å². The Balaban J connectivity index is 1.47. The Bertz CT molecular complexity index is 760. The van der Waals surface area contributed by atoms with Crippen LogP contribution in [-0.4, -0.2) is 34.7 Å². The molecule has 1 spiro atoms. The molecular formula is C21H28N2O5. The number of amides is 1. The summed E-state index contributed by atoms with van der Waals surface area (Å²) in [7, 11) is 0. The fourth-order valence-electron chi connectivity index (χ4n) is 5.85. The van der Waals surface area contributed by atoms with Gasteiger partial charge in [0, 0.05) is 30.4 Å². The molecule has 6 rings (SSSR count). The van der Waals surface area contributed by atoms with Crippen LogP contribution in [-0.2, 0) is 24.0 Å². The number of fused-ring (bicyclic) bond motifs is 2. The second-order valence-electron chi connectivity index (χ2n) is 9.05. The van der Waals surface area contributed by atoms with Crippen molar-refractivity contribution in [3.63, 3.8) is 0 Å². The largest absolute Gasteiger partial charge is 0.336 e. The lowest BCUT2D eigenvalue weighted by molar-refractivity contribution is -0.569. The van der Waals surface area contributed by atoms with Crippen LogP contribution in [0.15, 0.2) is 24.5 Å². The number of carbonyl (C=O) groups excluding carboxylic acids is 1. The molecule has 0 unspecified atom stereocenters. The number of nitrogens with zero attached hydrogens (tertiary/aromatic N) is 1. The third kappa shape index (κ3) is 2.64. The van der Waals surface area contributed by atoms with Crippen molar-refractivity contribution in [3.05, 3.63) is 24.5 Å². The minimum atomic E-state index is -0.829. The van der Waals surface area contributed by atoms with E-state index >= 15 is 0 Å². The summed E-state index contributed by atoms with van der Waals surface area (Å²) >= 11 is 0. The minimum absolute atomic E-state index is 0.0113. The first kappa shape index (κ1) is 18.5. The molecule has 4 saturated heterocycles. The van der Waals surface area contributed by atoms with Gasteiger partial charge in [0.1, 0.15) is 6.10 Å². The molecule has 1 aromatic rings. The van der Waals surface area contributed by atoms with Crippen molar-refractivity contribution in [1.82, 2.24) is 4.98 Å². The molecule has 4 aliphatic heterocycles. The summed E-state index contributed by atoms with van der Waals surface area (Å²) in [5, 5.41) is 2.96. The number of hydrogen-bond acceptors (Lipinski definition) is 6. The minimum Gasteiger partial charge on any atom is -0.336 e. The van der Waals surface area contributed by atoms with E-state index in [-0.39, 0.29) is 17.7 Å². The van der Waals surface area contributed by atoms with Gasteiger partial charge in [0.05, 0.1) is 0 Å². The molecule has 1 amide bonds. The van der Waals surface area contributed by atoms with Crippen LogP contribution in [0.25, 0.3) is 0 Å². The standard InChI is InChI=1S/C21H28N2O5/c1-12-4-5-16-13(2)17(18(24)23-14-7-10-22-11-8-14)25-19-21(16)15(12)6-9-20(3,26-19)27-28-21/h7-8,10-13,15-17,19H,4-6,9H2,1-3H3,(H,22,23,24)/t12-,13-,15+,16+,17-,19-,20-,21-/m1/s1. The van der Waals surface area contributed by atoms with E-state index in [0.29, 0.717) is 17.5 Å². The number of ether oxygens (including phenoxy) is 2. The molecule has 7 nitrogen and oxygen atoms in total. The van der Waals surface area contributed by atoms with Gasteiger partial charge in [-0.25, -0.2) is 9.78 Å². The van der Waals surface area contributed by atoms with Gasteiger partial charge in [-0.05, 0) is 56.1 Å². The summed E-state index contributed by atoms with van der Waals surface area (Å²) in [5.74, 6) is -0.0503. The molecule has 1 aromatic heterocycles. The number of anilines is 1. The van der Waals surface area contributed by atoms with Gasteiger partial charge >= 0.3 is 0 Å². The second kappa shape index (κ2) is 6.49. The van der Waals surface area contributed by atoms with Gasteiger partial charge in [0.15, 0.2) is 11.9 Å². The maximum absolute atomic E-state index is 13.1. The Morgan fingerprint density at radius 3 is 2.71 bits per heavy atom. The van der Waals surface area contributed by atoms with E-state index in [0.717, 1.165) is 25.7 Å². The van der Waals surface area contributed by atoms with Crippen molar-refractivity contribution < 1.29 is 24.0 Å². The first-order valence-corrected chi connectivity index (χ1v) is 10.3. The monoisotopic (exact) mass is 388 g/mol. The number of carbonyl (C=O) groups is 1. The van der Waals surface area contributed by atoms with Crippen molar-refractivity contribution in [2.45, 2.75) is 70.2 Å². The van der Waals surface area contributed by atoms with Crippen LogP contribution in [0.4, 0.5) is 5.69 Å². The molecule has 5 aliphatic rings. The summed E-state index contributed by atoms with van der Waals surface area (Å²) in [6.07, 6.45) is 5.94. The highest BCUT2D eigenvalue weighted by atomic mass is 17.3. The fraction of sp³-hybridized carbons (Fsp3) is 0.714. The lowest BCUT2D eigenvalue weighted by atomic mass is 9.57. The number of rotatable bonds is 2. The van der Waals surface area contributed by atoms with Gasteiger partial charge in [-0.2, -0.15) is 0 Å². The van der Waals surface area contributed by atoms with Crippen molar-refractivity contribution in [2.75, 3.05) is 5.32 Å². The average Bonchev–Trinajstić information content (AvgIpc) is 2.91.